The first kappa shape index (κ1) is 20.5. The number of carbonyl (C=O) groups is 3. The summed E-state index contributed by atoms with van der Waals surface area (Å²) in [5, 5.41) is 0. The number of hydrogen-bond donors (Lipinski definition) is 0. The Morgan fingerprint density at radius 3 is 2.25 bits per heavy atom. The Kier molecular flexibility index (Phi) is 4.52. The third-order valence-electron chi connectivity index (χ3n) is 6.75. The summed E-state index contributed by atoms with van der Waals surface area (Å²) in [6.45, 7) is 5.60. The Morgan fingerprint density at radius 1 is 0.938 bits per heavy atom. The maximum absolute atomic E-state index is 13.7. The van der Waals surface area contributed by atoms with Crippen LogP contribution in [0.4, 0.5) is 11.4 Å². The summed E-state index contributed by atoms with van der Waals surface area (Å²) in [7, 11) is 1.57. The van der Waals surface area contributed by atoms with Crippen LogP contribution in [0.2, 0.25) is 0 Å². The molecule has 0 unspecified atom stereocenters. The number of benzene rings is 2. The monoisotopic (exact) mass is 430 g/mol. The third-order valence-corrected chi connectivity index (χ3v) is 6.75. The molecule has 2 fully saturated rings. The van der Waals surface area contributed by atoms with Gasteiger partial charge in [0.15, 0.2) is 5.78 Å². The molecule has 0 bridgehead atoms. The SMILES string of the molecule is COc1ccc(N2C(=O)[C@H]3[C@H](C2=O)[C@H](C(=O)C(C)(C)C)N2c4ccccc4C=C[C@H]32)cc1. The standard InChI is InChI=1S/C26H26N2O4/c1-26(2,3)23(29)22-21-20(19-14-9-15-7-5-6-8-18(15)28(19)22)24(30)27(25(21)31)16-10-12-17(32-4)13-11-16/h5-14,19-22H,1-4H3/t19-,20-,21+,22-/m1/s1. The van der Waals surface area contributed by atoms with Crippen molar-refractivity contribution in [3.63, 3.8) is 0 Å². The van der Waals surface area contributed by atoms with E-state index in [4.69, 9.17) is 4.74 Å². The minimum Gasteiger partial charge on any atom is -0.497 e. The fraction of sp³-hybridized carbons (Fsp3) is 0.346. The van der Waals surface area contributed by atoms with Gasteiger partial charge in [-0.05, 0) is 35.9 Å². The zero-order valence-electron chi connectivity index (χ0n) is 18.6. The number of fused-ring (bicyclic) bond motifs is 5. The van der Waals surface area contributed by atoms with Crippen molar-refractivity contribution < 1.29 is 19.1 Å². The summed E-state index contributed by atoms with van der Waals surface area (Å²) >= 11 is 0. The van der Waals surface area contributed by atoms with Crippen LogP contribution < -0.4 is 14.5 Å². The number of para-hydroxylation sites is 1. The van der Waals surface area contributed by atoms with Crippen molar-refractivity contribution in [1.29, 1.82) is 0 Å². The van der Waals surface area contributed by atoms with E-state index in [-0.39, 0.29) is 23.6 Å². The number of ketones is 1. The van der Waals surface area contributed by atoms with Crippen molar-refractivity contribution in [2.24, 2.45) is 17.3 Å². The second kappa shape index (κ2) is 7.05. The van der Waals surface area contributed by atoms with Crippen LogP contribution in [0.25, 0.3) is 6.08 Å². The Labute approximate surface area is 187 Å². The summed E-state index contributed by atoms with van der Waals surface area (Å²) in [6.07, 6.45) is 3.96. The fourth-order valence-electron chi connectivity index (χ4n) is 5.24. The van der Waals surface area contributed by atoms with Gasteiger partial charge in [-0.2, -0.15) is 0 Å². The van der Waals surface area contributed by atoms with E-state index in [0.717, 1.165) is 11.3 Å². The fourth-order valence-corrected chi connectivity index (χ4v) is 5.24. The minimum absolute atomic E-state index is 0.0298. The molecule has 0 saturated carbocycles. The van der Waals surface area contributed by atoms with E-state index >= 15 is 0 Å². The van der Waals surface area contributed by atoms with E-state index in [2.05, 4.69) is 0 Å². The zero-order valence-corrected chi connectivity index (χ0v) is 18.6. The lowest BCUT2D eigenvalue weighted by Crippen LogP contribution is -2.51. The first-order valence-corrected chi connectivity index (χ1v) is 10.9. The number of ether oxygens (including phenoxy) is 1. The van der Waals surface area contributed by atoms with Crippen LogP contribution in [0.15, 0.2) is 54.6 Å². The third kappa shape index (κ3) is 2.82. The average Bonchev–Trinajstić information content (AvgIpc) is 3.25. The number of carbonyl (C=O) groups excluding carboxylic acids is 3. The molecule has 6 nitrogen and oxygen atoms in total. The number of imide groups is 1. The largest absolute Gasteiger partial charge is 0.497 e. The Hall–Kier alpha value is -3.41. The molecular weight excluding hydrogens is 404 g/mol. The summed E-state index contributed by atoms with van der Waals surface area (Å²) in [5.74, 6) is -1.28. The summed E-state index contributed by atoms with van der Waals surface area (Å²) in [6, 6.07) is 13.7. The molecule has 3 aliphatic heterocycles. The maximum atomic E-state index is 13.7. The molecule has 4 atom stereocenters. The molecule has 2 saturated heterocycles. The summed E-state index contributed by atoms with van der Waals surface area (Å²) in [4.78, 5) is 44.3. The van der Waals surface area contributed by atoms with Crippen molar-refractivity contribution in [2.45, 2.75) is 32.9 Å². The molecule has 2 amide bonds. The maximum Gasteiger partial charge on any atom is 0.240 e. The van der Waals surface area contributed by atoms with Crippen molar-refractivity contribution in [3.8, 4) is 5.75 Å². The zero-order chi connectivity index (χ0) is 22.8. The van der Waals surface area contributed by atoms with Crippen LogP contribution in [0.1, 0.15) is 26.3 Å². The van der Waals surface area contributed by atoms with E-state index in [1.54, 1.807) is 31.4 Å². The Balaban J connectivity index is 1.62. The molecule has 32 heavy (non-hydrogen) atoms. The molecular formula is C26H26N2O4. The number of methoxy groups -OCH3 is 1. The van der Waals surface area contributed by atoms with Crippen LogP contribution in [-0.4, -0.2) is 36.8 Å². The first-order valence-electron chi connectivity index (χ1n) is 10.9. The Morgan fingerprint density at radius 2 is 1.59 bits per heavy atom. The van der Waals surface area contributed by atoms with Gasteiger partial charge in [-0.1, -0.05) is 51.1 Å². The molecule has 2 aromatic carbocycles. The molecule has 5 rings (SSSR count). The number of nitrogens with zero attached hydrogens (tertiary/aromatic N) is 2. The summed E-state index contributed by atoms with van der Waals surface area (Å²) in [5.41, 5.74) is 1.73. The van der Waals surface area contributed by atoms with E-state index in [0.29, 0.717) is 11.4 Å². The number of hydrogen-bond acceptors (Lipinski definition) is 5. The van der Waals surface area contributed by atoms with Crippen molar-refractivity contribution >= 4 is 35.0 Å². The van der Waals surface area contributed by atoms with Gasteiger partial charge in [-0.25, -0.2) is 4.90 Å². The minimum atomic E-state index is -0.725. The van der Waals surface area contributed by atoms with E-state index in [1.165, 1.54) is 4.90 Å². The molecule has 0 N–H and O–H groups in total. The topological polar surface area (TPSA) is 66.9 Å². The lowest BCUT2D eigenvalue weighted by molar-refractivity contribution is -0.132. The van der Waals surface area contributed by atoms with Gasteiger partial charge in [0.05, 0.1) is 30.7 Å². The van der Waals surface area contributed by atoms with E-state index in [1.807, 2.05) is 62.1 Å². The molecule has 2 aromatic rings. The number of anilines is 2. The molecule has 6 heteroatoms. The van der Waals surface area contributed by atoms with Crippen LogP contribution in [0.5, 0.6) is 5.75 Å². The van der Waals surface area contributed by atoms with Gasteiger partial charge in [0.1, 0.15) is 11.8 Å². The first-order chi connectivity index (χ1) is 15.2. The second-order valence-electron chi connectivity index (χ2n) is 9.64. The highest BCUT2D eigenvalue weighted by Crippen LogP contribution is 2.50. The van der Waals surface area contributed by atoms with Gasteiger partial charge in [-0.15, -0.1) is 0 Å². The van der Waals surface area contributed by atoms with Crippen molar-refractivity contribution in [3.05, 3.63) is 60.2 Å². The smallest absolute Gasteiger partial charge is 0.240 e. The molecule has 164 valence electrons. The van der Waals surface area contributed by atoms with Crippen LogP contribution in [0.3, 0.4) is 0 Å². The Bertz CT molecular complexity index is 1150. The van der Waals surface area contributed by atoms with Crippen molar-refractivity contribution in [2.75, 3.05) is 16.9 Å². The lowest BCUT2D eigenvalue weighted by Gasteiger charge is -2.38. The van der Waals surface area contributed by atoms with Crippen LogP contribution in [-0.2, 0) is 14.4 Å². The van der Waals surface area contributed by atoms with Gasteiger partial charge in [0.2, 0.25) is 11.8 Å². The quantitative estimate of drug-likeness (QED) is 0.695. The summed E-state index contributed by atoms with van der Waals surface area (Å²) < 4.78 is 5.20. The molecule has 0 spiro atoms. The molecule has 0 aliphatic carbocycles. The molecule has 0 aromatic heterocycles. The highest BCUT2D eigenvalue weighted by molar-refractivity contribution is 6.25. The average molecular weight is 431 g/mol. The number of rotatable bonds is 3. The highest BCUT2D eigenvalue weighted by atomic mass is 16.5. The van der Waals surface area contributed by atoms with E-state index in [9.17, 15) is 14.4 Å². The normalized spacial score (nSPS) is 26.1. The van der Waals surface area contributed by atoms with Gasteiger partial charge < -0.3 is 9.64 Å². The molecule has 3 aliphatic rings. The van der Waals surface area contributed by atoms with Gasteiger partial charge in [0, 0.05) is 11.1 Å². The van der Waals surface area contributed by atoms with Gasteiger partial charge >= 0.3 is 0 Å². The van der Waals surface area contributed by atoms with Gasteiger partial charge in [-0.3, -0.25) is 14.4 Å². The molecule has 0 radical (unpaired) electrons. The molecule has 3 heterocycles. The second-order valence-corrected chi connectivity index (χ2v) is 9.64. The predicted molar refractivity (Wildman–Crippen MR) is 122 cm³/mol. The number of Topliss-reactive ketones (excluding diaryl/α,β-unsaturated/α-hetero) is 1. The highest BCUT2D eigenvalue weighted by Gasteiger charge is 2.64. The number of amides is 2. The van der Waals surface area contributed by atoms with Crippen LogP contribution >= 0.6 is 0 Å². The van der Waals surface area contributed by atoms with Crippen molar-refractivity contribution in [1.82, 2.24) is 0 Å². The van der Waals surface area contributed by atoms with Gasteiger partial charge in [0.25, 0.3) is 0 Å². The predicted octanol–water partition coefficient (Wildman–Crippen LogP) is 3.70. The van der Waals surface area contributed by atoms with Crippen LogP contribution in [0, 0.1) is 17.3 Å². The lowest BCUT2D eigenvalue weighted by atomic mass is 9.79. The van der Waals surface area contributed by atoms with E-state index < -0.39 is 23.3 Å².